The van der Waals surface area contributed by atoms with Crippen LogP contribution in [-0.2, 0) is 11.3 Å². The lowest BCUT2D eigenvalue weighted by atomic mass is 9.92. The molecule has 0 aliphatic carbocycles. The molecule has 0 radical (unpaired) electrons. The molecule has 1 unspecified atom stereocenters. The summed E-state index contributed by atoms with van der Waals surface area (Å²) in [4.78, 5) is 11.6. The molecule has 0 aromatic heterocycles. The Morgan fingerprint density at radius 1 is 1.33 bits per heavy atom. The quantitative estimate of drug-likeness (QED) is 0.836. The van der Waals surface area contributed by atoms with Gasteiger partial charge in [-0.1, -0.05) is 44.2 Å². The number of carbonyl (C=O) groups excluding carboxylic acids is 1. The topological polar surface area (TPSA) is 52.9 Å². The van der Waals surface area contributed by atoms with E-state index in [-0.39, 0.29) is 11.8 Å². The lowest BCUT2D eigenvalue weighted by Crippen LogP contribution is -2.23. The molecule has 0 aliphatic rings. The van der Waals surface area contributed by atoms with Crippen LogP contribution in [0.1, 0.15) is 32.3 Å². The molecular weight excluding hydrogens is 224 g/mol. The van der Waals surface area contributed by atoms with Crippen LogP contribution in [0.5, 0.6) is 0 Å². The van der Waals surface area contributed by atoms with Gasteiger partial charge < -0.3 is 5.32 Å². The fraction of sp³-hybridized carbons (Fsp3) is 0.467. The van der Waals surface area contributed by atoms with Crippen molar-refractivity contribution in [3.8, 4) is 6.07 Å². The molecule has 1 atom stereocenters. The molecule has 3 heteroatoms. The van der Waals surface area contributed by atoms with Gasteiger partial charge >= 0.3 is 0 Å². The van der Waals surface area contributed by atoms with Gasteiger partial charge in [-0.15, -0.1) is 0 Å². The van der Waals surface area contributed by atoms with Crippen molar-refractivity contribution in [2.45, 2.75) is 33.2 Å². The number of benzene rings is 1. The van der Waals surface area contributed by atoms with Crippen molar-refractivity contribution in [1.82, 2.24) is 5.32 Å². The van der Waals surface area contributed by atoms with Crippen LogP contribution in [0, 0.1) is 23.2 Å². The number of carbonyl (C=O) groups is 1. The van der Waals surface area contributed by atoms with E-state index in [9.17, 15) is 4.79 Å². The summed E-state index contributed by atoms with van der Waals surface area (Å²) >= 11 is 0. The van der Waals surface area contributed by atoms with E-state index in [1.165, 1.54) is 0 Å². The van der Waals surface area contributed by atoms with Crippen LogP contribution in [0.15, 0.2) is 30.3 Å². The maximum Gasteiger partial charge on any atom is 0.220 e. The van der Waals surface area contributed by atoms with E-state index in [2.05, 4.69) is 11.4 Å². The molecule has 3 nitrogen and oxygen atoms in total. The van der Waals surface area contributed by atoms with E-state index < -0.39 is 0 Å². The molecular formula is C15H20N2O. The van der Waals surface area contributed by atoms with Crippen LogP contribution in [-0.4, -0.2) is 5.91 Å². The van der Waals surface area contributed by atoms with Crippen LogP contribution in [0.2, 0.25) is 0 Å². The van der Waals surface area contributed by atoms with Gasteiger partial charge in [0.15, 0.2) is 0 Å². The van der Waals surface area contributed by atoms with Crippen molar-refractivity contribution in [1.29, 1.82) is 5.26 Å². The highest BCUT2D eigenvalue weighted by Gasteiger charge is 2.13. The molecule has 0 bridgehead atoms. The minimum Gasteiger partial charge on any atom is -0.352 e. The molecule has 96 valence electrons. The lowest BCUT2D eigenvalue weighted by molar-refractivity contribution is -0.121. The van der Waals surface area contributed by atoms with Crippen LogP contribution in [0.4, 0.5) is 0 Å². The summed E-state index contributed by atoms with van der Waals surface area (Å²) in [6.45, 7) is 4.57. The van der Waals surface area contributed by atoms with E-state index in [1.807, 2.05) is 44.2 Å². The minimum absolute atomic E-state index is 0.0137. The molecule has 0 spiro atoms. The summed E-state index contributed by atoms with van der Waals surface area (Å²) in [7, 11) is 0. The first-order chi connectivity index (χ1) is 8.63. The van der Waals surface area contributed by atoms with Gasteiger partial charge in [0.25, 0.3) is 0 Å². The largest absolute Gasteiger partial charge is 0.352 e. The molecule has 1 N–H and O–H groups in total. The molecule has 0 heterocycles. The smallest absolute Gasteiger partial charge is 0.220 e. The predicted molar refractivity (Wildman–Crippen MR) is 71.5 cm³/mol. The Balaban J connectivity index is 2.28. The first-order valence-electron chi connectivity index (χ1n) is 6.33. The van der Waals surface area contributed by atoms with Crippen LogP contribution in [0.3, 0.4) is 0 Å². The fourth-order valence-electron chi connectivity index (χ4n) is 1.72. The second-order valence-electron chi connectivity index (χ2n) is 4.78. The Morgan fingerprint density at radius 3 is 2.56 bits per heavy atom. The summed E-state index contributed by atoms with van der Waals surface area (Å²) in [5, 5.41) is 11.8. The standard InChI is InChI=1S/C15H20N2O/c1-12(2)14(10-16)8-9-15(18)17-11-13-6-4-3-5-7-13/h3-7,12,14H,8-9,11H2,1-2H3,(H,17,18). The number of hydrogen-bond acceptors (Lipinski definition) is 2. The first-order valence-corrected chi connectivity index (χ1v) is 6.33. The summed E-state index contributed by atoms with van der Waals surface area (Å²) < 4.78 is 0. The third-order valence-corrected chi connectivity index (χ3v) is 2.99. The summed E-state index contributed by atoms with van der Waals surface area (Å²) in [6, 6.07) is 12.1. The zero-order chi connectivity index (χ0) is 13.4. The van der Waals surface area contributed by atoms with Gasteiger partial charge in [0.1, 0.15) is 0 Å². The van der Waals surface area contributed by atoms with Crippen molar-refractivity contribution in [2.24, 2.45) is 11.8 Å². The van der Waals surface area contributed by atoms with Crippen molar-refractivity contribution in [3.05, 3.63) is 35.9 Å². The third-order valence-electron chi connectivity index (χ3n) is 2.99. The van der Waals surface area contributed by atoms with E-state index in [1.54, 1.807) is 0 Å². The Labute approximate surface area is 109 Å². The molecule has 18 heavy (non-hydrogen) atoms. The Hall–Kier alpha value is -1.82. The van der Waals surface area contributed by atoms with E-state index >= 15 is 0 Å². The molecule has 0 saturated carbocycles. The van der Waals surface area contributed by atoms with Gasteiger partial charge in [0.2, 0.25) is 5.91 Å². The summed E-state index contributed by atoms with van der Waals surface area (Å²) in [5.74, 6) is 0.282. The Bertz CT molecular complexity index is 406. The van der Waals surface area contributed by atoms with E-state index in [4.69, 9.17) is 5.26 Å². The minimum atomic E-state index is -0.0347. The predicted octanol–water partition coefficient (Wildman–Crippen LogP) is 2.88. The van der Waals surface area contributed by atoms with Gasteiger partial charge in [0.05, 0.1) is 6.07 Å². The van der Waals surface area contributed by atoms with Crippen molar-refractivity contribution in [3.63, 3.8) is 0 Å². The van der Waals surface area contributed by atoms with Crippen molar-refractivity contribution >= 4 is 5.91 Å². The maximum absolute atomic E-state index is 11.6. The van der Waals surface area contributed by atoms with Crippen LogP contribution < -0.4 is 5.32 Å². The zero-order valence-electron chi connectivity index (χ0n) is 11.0. The SMILES string of the molecule is CC(C)C(C#N)CCC(=O)NCc1ccccc1. The second kappa shape index (κ2) is 7.50. The molecule has 1 amide bonds. The lowest BCUT2D eigenvalue weighted by Gasteiger charge is -2.12. The first kappa shape index (κ1) is 14.2. The van der Waals surface area contributed by atoms with Crippen molar-refractivity contribution < 1.29 is 4.79 Å². The van der Waals surface area contributed by atoms with Gasteiger partial charge in [-0.2, -0.15) is 5.26 Å². The number of hydrogen-bond donors (Lipinski definition) is 1. The average molecular weight is 244 g/mol. The van der Waals surface area contributed by atoms with Gasteiger partial charge in [-0.3, -0.25) is 4.79 Å². The molecule has 1 aromatic carbocycles. The summed E-state index contributed by atoms with van der Waals surface area (Å²) in [6.07, 6.45) is 1.05. The number of nitriles is 1. The monoisotopic (exact) mass is 244 g/mol. The normalized spacial score (nSPS) is 11.9. The highest BCUT2D eigenvalue weighted by molar-refractivity contribution is 5.75. The number of nitrogens with zero attached hydrogens (tertiary/aromatic N) is 1. The maximum atomic E-state index is 11.6. The van der Waals surface area contributed by atoms with Crippen LogP contribution in [0.25, 0.3) is 0 Å². The molecule has 0 aliphatic heterocycles. The van der Waals surface area contributed by atoms with Gasteiger partial charge in [0, 0.05) is 18.9 Å². The number of rotatable bonds is 6. The zero-order valence-corrected chi connectivity index (χ0v) is 11.0. The fourth-order valence-corrected chi connectivity index (χ4v) is 1.72. The Morgan fingerprint density at radius 2 is 2.00 bits per heavy atom. The van der Waals surface area contributed by atoms with Crippen LogP contribution >= 0.6 is 0 Å². The molecule has 1 rings (SSSR count). The molecule has 0 saturated heterocycles. The number of amides is 1. The van der Waals surface area contributed by atoms with E-state index in [0.29, 0.717) is 25.3 Å². The third kappa shape index (κ3) is 5.01. The second-order valence-corrected chi connectivity index (χ2v) is 4.78. The Kier molecular flexibility index (Phi) is 5.93. The van der Waals surface area contributed by atoms with Crippen molar-refractivity contribution in [2.75, 3.05) is 0 Å². The van der Waals surface area contributed by atoms with E-state index in [0.717, 1.165) is 5.56 Å². The highest BCUT2D eigenvalue weighted by Crippen LogP contribution is 2.15. The molecule has 1 aromatic rings. The average Bonchev–Trinajstić information content (AvgIpc) is 2.38. The van der Waals surface area contributed by atoms with Gasteiger partial charge in [-0.05, 0) is 17.9 Å². The highest BCUT2D eigenvalue weighted by atomic mass is 16.1. The molecule has 0 fully saturated rings. The van der Waals surface area contributed by atoms with Gasteiger partial charge in [-0.25, -0.2) is 0 Å². The number of nitrogens with one attached hydrogen (secondary N) is 1. The summed E-state index contributed by atoms with van der Waals surface area (Å²) in [5.41, 5.74) is 1.09.